The smallest absolute Gasteiger partial charge is 0.325 e. The SMILES string of the molecule is CCCN(CCc1csc(C(C)C)n1)C(=O)N[C@@H](C)C(=O)O. The number of carboxylic acids is 1. The second-order valence-corrected chi connectivity index (χ2v) is 6.47. The van der Waals surface area contributed by atoms with E-state index in [4.69, 9.17) is 5.11 Å². The molecule has 1 heterocycles. The predicted molar refractivity (Wildman–Crippen MR) is 87.4 cm³/mol. The largest absolute Gasteiger partial charge is 0.480 e. The van der Waals surface area contributed by atoms with E-state index in [2.05, 4.69) is 24.1 Å². The molecule has 7 heteroatoms. The van der Waals surface area contributed by atoms with Crippen molar-refractivity contribution < 1.29 is 14.7 Å². The highest BCUT2D eigenvalue weighted by Gasteiger charge is 2.19. The summed E-state index contributed by atoms with van der Waals surface area (Å²) in [5.41, 5.74) is 0.980. The number of hydrogen-bond donors (Lipinski definition) is 2. The zero-order valence-electron chi connectivity index (χ0n) is 13.6. The molecular weight excluding hydrogens is 302 g/mol. The highest BCUT2D eigenvalue weighted by atomic mass is 32.1. The molecule has 124 valence electrons. The van der Waals surface area contributed by atoms with Crippen molar-refractivity contribution in [2.24, 2.45) is 0 Å². The van der Waals surface area contributed by atoms with Gasteiger partial charge < -0.3 is 15.3 Å². The minimum absolute atomic E-state index is 0.337. The first kappa shape index (κ1) is 18.4. The maximum atomic E-state index is 12.1. The number of carbonyl (C=O) groups excluding carboxylic acids is 1. The van der Waals surface area contributed by atoms with Crippen LogP contribution in [-0.2, 0) is 11.2 Å². The fourth-order valence-corrected chi connectivity index (χ4v) is 2.74. The Morgan fingerprint density at radius 3 is 2.55 bits per heavy atom. The van der Waals surface area contributed by atoms with Gasteiger partial charge in [0, 0.05) is 30.8 Å². The molecule has 0 radical (unpaired) electrons. The Bertz CT molecular complexity index is 502. The average molecular weight is 327 g/mol. The molecule has 0 aliphatic carbocycles. The lowest BCUT2D eigenvalue weighted by atomic mass is 10.2. The van der Waals surface area contributed by atoms with Gasteiger partial charge in [-0.05, 0) is 13.3 Å². The topological polar surface area (TPSA) is 82.5 Å². The Morgan fingerprint density at radius 1 is 1.36 bits per heavy atom. The number of amides is 2. The molecule has 0 spiro atoms. The van der Waals surface area contributed by atoms with Crippen LogP contribution >= 0.6 is 11.3 Å². The maximum absolute atomic E-state index is 12.1. The van der Waals surface area contributed by atoms with E-state index < -0.39 is 12.0 Å². The summed E-state index contributed by atoms with van der Waals surface area (Å²) in [7, 11) is 0. The first-order valence-electron chi connectivity index (χ1n) is 7.57. The number of aliphatic carboxylic acids is 1. The van der Waals surface area contributed by atoms with Gasteiger partial charge in [-0.1, -0.05) is 20.8 Å². The molecule has 1 atom stereocenters. The minimum atomic E-state index is -1.04. The normalized spacial score (nSPS) is 12.2. The molecule has 0 fully saturated rings. The molecule has 1 rings (SSSR count). The highest BCUT2D eigenvalue weighted by molar-refractivity contribution is 7.09. The van der Waals surface area contributed by atoms with Crippen molar-refractivity contribution in [2.75, 3.05) is 13.1 Å². The van der Waals surface area contributed by atoms with Crippen molar-refractivity contribution in [3.63, 3.8) is 0 Å². The molecule has 2 N–H and O–H groups in total. The second kappa shape index (κ2) is 8.73. The second-order valence-electron chi connectivity index (χ2n) is 5.58. The first-order chi connectivity index (χ1) is 10.3. The van der Waals surface area contributed by atoms with Crippen LogP contribution in [0.5, 0.6) is 0 Å². The fourth-order valence-electron chi connectivity index (χ4n) is 1.88. The van der Waals surface area contributed by atoms with Crippen molar-refractivity contribution in [1.29, 1.82) is 0 Å². The molecule has 6 nitrogen and oxygen atoms in total. The third kappa shape index (κ3) is 5.63. The molecule has 0 bridgehead atoms. The molecule has 0 saturated heterocycles. The molecular formula is C15H25N3O3S. The van der Waals surface area contributed by atoms with Gasteiger partial charge in [0.15, 0.2) is 0 Å². The third-order valence-electron chi connectivity index (χ3n) is 3.19. The van der Waals surface area contributed by atoms with E-state index >= 15 is 0 Å². The lowest BCUT2D eigenvalue weighted by Crippen LogP contribution is -2.47. The van der Waals surface area contributed by atoms with Crippen LogP contribution in [0, 0.1) is 0 Å². The number of carboxylic acid groups (broad SMARTS) is 1. The number of urea groups is 1. The third-order valence-corrected chi connectivity index (χ3v) is 4.39. The summed E-state index contributed by atoms with van der Waals surface area (Å²) in [6.45, 7) is 8.78. The van der Waals surface area contributed by atoms with Gasteiger partial charge in [-0.15, -0.1) is 11.3 Å². The fraction of sp³-hybridized carbons (Fsp3) is 0.667. The number of thiazole rings is 1. The monoisotopic (exact) mass is 327 g/mol. The van der Waals surface area contributed by atoms with Crippen molar-refractivity contribution >= 4 is 23.3 Å². The van der Waals surface area contributed by atoms with Crippen LogP contribution in [-0.4, -0.2) is 46.1 Å². The minimum Gasteiger partial charge on any atom is -0.480 e. The number of rotatable bonds is 8. The molecule has 0 aliphatic rings. The van der Waals surface area contributed by atoms with Crippen LogP contribution in [0.3, 0.4) is 0 Å². The Morgan fingerprint density at radius 2 is 2.05 bits per heavy atom. The van der Waals surface area contributed by atoms with Crippen molar-refractivity contribution in [3.05, 3.63) is 16.1 Å². The summed E-state index contributed by atoms with van der Waals surface area (Å²) < 4.78 is 0. The molecule has 0 saturated carbocycles. The Kier molecular flexibility index (Phi) is 7.31. The lowest BCUT2D eigenvalue weighted by molar-refractivity contribution is -0.138. The number of carbonyl (C=O) groups is 2. The summed E-state index contributed by atoms with van der Waals surface area (Å²) in [4.78, 5) is 29.1. The Labute approximate surface area is 135 Å². The summed E-state index contributed by atoms with van der Waals surface area (Å²) in [6, 6.07) is -1.23. The van der Waals surface area contributed by atoms with Crippen LogP contribution < -0.4 is 5.32 Å². The van der Waals surface area contributed by atoms with E-state index in [9.17, 15) is 9.59 Å². The average Bonchev–Trinajstić information content (AvgIpc) is 2.92. The summed E-state index contributed by atoms with van der Waals surface area (Å²) in [5.74, 6) is -0.629. The van der Waals surface area contributed by atoms with Gasteiger partial charge in [0.1, 0.15) is 6.04 Å². The summed E-state index contributed by atoms with van der Waals surface area (Å²) >= 11 is 1.64. The standard InChI is InChI=1S/C15H25N3O3S/c1-5-7-18(15(21)16-11(4)14(19)20)8-6-12-9-22-13(17-12)10(2)3/h9-11H,5-8H2,1-4H3,(H,16,21)(H,19,20)/t11-/m0/s1. The lowest BCUT2D eigenvalue weighted by Gasteiger charge is -2.23. The van der Waals surface area contributed by atoms with E-state index in [1.807, 2.05) is 12.3 Å². The summed E-state index contributed by atoms with van der Waals surface area (Å²) in [5, 5.41) is 14.5. The van der Waals surface area contributed by atoms with Gasteiger partial charge in [-0.2, -0.15) is 0 Å². The van der Waals surface area contributed by atoms with Gasteiger partial charge >= 0.3 is 12.0 Å². The van der Waals surface area contributed by atoms with E-state index in [1.165, 1.54) is 6.92 Å². The quantitative estimate of drug-likeness (QED) is 0.769. The number of hydrogen-bond acceptors (Lipinski definition) is 4. The molecule has 0 aromatic carbocycles. The number of nitrogens with zero attached hydrogens (tertiary/aromatic N) is 2. The predicted octanol–water partition coefficient (Wildman–Crippen LogP) is 2.70. The van der Waals surface area contributed by atoms with Crippen LogP contribution in [0.2, 0.25) is 0 Å². The molecule has 2 amide bonds. The number of nitrogens with one attached hydrogen (secondary N) is 1. The van der Waals surface area contributed by atoms with Crippen LogP contribution in [0.25, 0.3) is 0 Å². The maximum Gasteiger partial charge on any atom is 0.325 e. The van der Waals surface area contributed by atoms with E-state index in [1.54, 1.807) is 16.2 Å². The highest BCUT2D eigenvalue weighted by Crippen LogP contribution is 2.19. The molecule has 22 heavy (non-hydrogen) atoms. The van der Waals surface area contributed by atoms with E-state index in [0.29, 0.717) is 25.4 Å². The van der Waals surface area contributed by atoms with Crippen LogP contribution in [0.4, 0.5) is 4.79 Å². The first-order valence-corrected chi connectivity index (χ1v) is 8.45. The molecule has 0 unspecified atom stereocenters. The zero-order chi connectivity index (χ0) is 16.7. The van der Waals surface area contributed by atoms with Crippen molar-refractivity contribution in [3.8, 4) is 0 Å². The van der Waals surface area contributed by atoms with Crippen molar-refractivity contribution in [2.45, 2.75) is 52.5 Å². The van der Waals surface area contributed by atoms with Crippen molar-refractivity contribution in [1.82, 2.24) is 15.2 Å². The van der Waals surface area contributed by atoms with Gasteiger partial charge in [-0.3, -0.25) is 4.79 Å². The van der Waals surface area contributed by atoms with Crippen LogP contribution in [0.15, 0.2) is 5.38 Å². The Balaban J connectivity index is 2.59. The van der Waals surface area contributed by atoms with E-state index in [-0.39, 0.29) is 6.03 Å². The molecule has 0 aliphatic heterocycles. The zero-order valence-corrected chi connectivity index (χ0v) is 14.4. The number of aromatic nitrogens is 1. The Hall–Kier alpha value is -1.63. The van der Waals surface area contributed by atoms with Gasteiger partial charge in [0.25, 0.3) is 0 Å². The molecule has 1 aromatic heterocycles. The van der Waals surface area contributed by atoms with Gasteiger partial charge in [0.2, 0.25) is 0 Å². The summed E-state index contributed by atoms with van der Waals surface area (Å²) in [6.07, 6.45) is 1.50. The van der Waals surface area contributed by atoms with Gasteiger partial charge in [0.05, 0.1) is 10.7 Å². The van der Waals surface area contributed by atoms with Crippen LogP contribution in [0.1, 0.15) is 50.7 Å². The van der Waals surface area contributed by atoms with E-state index in [0.717, 1.165) is 17.1 Å². The molecule has 1 aromatic rings. The van der Waals surface area contributed by atoms with Gasteiger partial charge in [-0.25, -0.2) is 9.78 Å².